The summed E-state index contributed by atoms with van der Waals surface area (Å²) in [6, 6.07) is 0.0776. The molecule has 0 bridgehead atoms. The molecule has 0 saturated carbocycles. The fourth-order valence-corrected chi connectivity index (χ4v) is 2.06. The molecule has 0 aliphatic rings. The van der Waals surface area contributed by atoms with Crippen LogP contribution in [0.15, 0.2) is 12.3 Å². The smallest absolute Gasteiger partial charge is 0.0103 e. The molecule has 0 saturated heterocycles. The second kappa shape index (κ2) is 6.00. The number of allylic oxidation sites excluding steroid dienone is 1. The topological polar surface area (TPSA) is 78.1 Å². The van der Waals surface area contributed by atoms with Crippen LogP contribution in [0.5, 0.6) is 0 Å². The van der Waals surface area contributed by atoms with E-state index >= 15 is 0 Å². The summed E-state index contributed by atoms with van der Waals surface area (Å²) in [5, 5.41) is 0.0482. The molecule has 0 aromatic heterocycles. The first-order valence-corrected chi connectivity index (χ1v) is 6.42. The van der Waals surface area contributed by atoms with Gasteiger partial charge < -0.3 is 17.2 Å². The van der Waals surface area contributed by atoms with Crippen LogP contribution >= 0.6 is 9.24 Å². The van der Waals surface area contributed by atoms with Crippen LogP contribution < -0.4 is 17.2 Å². The molecule has 0 aromatic rings. The summed E-state index contributed by atoms with van der Waals surface area (Å²) >= 11 is 0. The molecule has 0 amide bonds. The maximum Gasteiger partial charge on any atom is 0.0103 e. The number of hydrogen-bond acceptors (Lipinski definition) is 3. The quantitative estimate of drug-likeness (QED) is 0.596. The average Bonchev–Trinajstić information content (AvgIpc) is 2.15. The molecule has 0 rings (SSSR count). The monoisotopic (exact) mass is 245 g/mol. The van der Waals surface area contributed by atoms with Crippen LogP contribution in [0.3, 0.4) is 0 Å². The molecule has 3 nitrogen and oxygen atoms in total. The van der Waals surface area contributed by atoms with E-state index in [2.05, 4.69) is 36.6 Å². The average molecular weight is 245 g/mol. The lowest BCUT2D eigenvalue weighted by atomic mass is 9.76. The van der Waals surface area contributed by atoms with Crippen molar-refractivity contribution in [1.29, 1.82) is 0 Å². The van der Waals surface area contributed by atoms with Crippen molar-refractivity contribution < 1.29 is 0 Å². The van der Waals surface area contributed by atoms with Crippen LogP contribution in [0.1, 0.15) is 40.0 Å². The van der Waals surface area contributed by atoms with Gasteiger partial charge >= 0.3 is 0 Å². The maximum atomic E-state index is 6.27. The Hall–Kier alpha value is -0.110. The van der Waals surface area contributed by atoms with Crippen LogP contribution in [0.25, 0.3) is 0 Å². The summed E-state index contributed by atoms with van der Waals surface area (Å²) in [5.41, 5.74) is 18.4. The number of rotatable bonds is 7. The summed E-state index contributed by atoms with van der Waals surface area (Å²) in [6.07, 6.45) is 2.66. The third-order valence-corrected chi connectivity index (χ3v) is 4.30. The predicted molar refractivity (Wildman–Crippen MR) is 76.1 cm³/mol. The van der Waals surface area contributed by atoms with E-state index in [1.54, 1.807) is 0 Å². The Balaban J connectivity index is 4.55. The van der Waals surface area contributed by atoms with Crippen molar-refractivity contribution in [3.8, 4) is 0 Å². The van der Waals surface area contributed by atoms with Gasteiger partial charge in [-0.1, -0.05) is 27.4 Å². The van der Waals surface area contributed by atoms with Gasteiger partial charge in [-0.3, -0.25) is 0 Å². The normalized spacial score (nSPS) is 17.9. The molecule has 3 atom stereocenters. The van der Waals surface area contributed by atoms with Gasteiger partial charge in [0, 0.05) is 18.3 Å². The standard InChI is InChI=1S/C12H28N3P/c1-5-12(16,8-13)7-10(15)11(3,4)6-9(2)14/h10H,2,5-8,13-16H2,1,3-4H3. The minimum Gasteiger partial charge on any atom is -0.402 e. The zero-order chi connectivity index (χ0) is 13.0. The van der Waals surface area contributed by atoms with Crippen molar-refractivity contribution in [2.75, 3.05) is 6.54 Å². The zero-order valence-electron chi connectivity index (χ0n) is 10.9. The molecular weight excluding hydrogens is 217 g/mol. The van der Waals surface area contributed by atoms with Gasteiger partial charge in [0.15, 0.2) is 0 Å². The van der Waals surface area contributed by atoms with Crippen molar-refractivity contribution in [3.63, 3.8) is 0 Å². The second-order valence-electron chi connectivity index (χ2n) is 5.55. The third kappa shape index (κ3) is 4.82. The lowest BCUT2D eigenvalue weighted by Gasteiger charge is -2.38. The van der Waals surface area contributed by atoms with Gasteiger partial charge in [-0.2, -0.15) is 0 Å². The van der Waals surface area contributed by atoms with E-state index in [0.717, 1.165) is 19.3 Å². The van der Waals surface area contributed by atoms with E-state index in [4.69, 9.17) is 17.2 Å². The van der Waals surface area contributed by atoms with Crippen LogP contribution in [-0.2, 0) is 0 Å². The molecule has 4 heteroatoms. The van der Waals surface area contributed by atoms with E-state index in [1.165, 1.54) is 0 Å². The summed E-state index contributed by atoms with van der Waals surface area (Å²) in [4.78, 5) is 0. The summed E-state index contributed by atoms with van der Waals surface area (Å²) in [6.45, 7) is 10.8. The first kappa shape index (κ1) is 15.9. The van der Waals surface area contributed by atoms with E-state index in [0.29, 0.717) is 12.2 Å². The zero-order valence-corrected chi connectivity index (χ0v) is 12.1. The highest BCUT2D eigenvalue weighted by Gasteiger charge is 2.32. The molecule has 0 aromatic carbocycles. The van der Waals surface area contributed by atoms with Gasteiger partial charge in [0.1, 0.15) is 0 Å². The van der Waals surface area contributed by atoms with Crippen LogP contribution in [0.2, 0.25) is 0 Å². The van der Waals surface area contributed by atoms with Crippen molar-refractivity contribution in [3.05, 3.63) is 12.3 Å². The van der Waals surface area contributed by atoms with Gasteiger partial charge in [0.05, 0.1) is 0 Å². The Morgan fingerprint density at radius 3 is 2.25 bits per heavy atom. The molecular formula is C12H28N3P. The summed E-state index contributed by atoms with van der Waals surface area (Å²) in [7, 11) is 2.86. The first-order valence-electron chi connectivity index (χ1n) is 5.84. The highest BCUT2D eigenvalue weighted by molar-refractivity contribution is 7.19. The van der Waals surface area contributed by atoms with Crippen molar-refractivity contribution in [1.82, 2.24) is 0 Å². The molecule has 16 heavy (non-hydrogen) atoms. The molecule has 0 spiro atoms. The third-order valence-electron chi connectivity index (χ3n) is 3.42. The minimum absolute atomic E-state index is 0.0298. The fourth-order valence-electron chi connectivity index (χ4n) is 1.80. The maximum absolute atomic E-state index is 6.27. The van der Waals surface area contributed by atoms with Crippen LogP contribution in [-0.4, -0.2) is 17.7 Å². The van der Waals surface area contributed by atoms with Crippen molar-refractivity contribution in [2.45, 2.75) is 51.2 Å². The summed E-state index contributed by atoms with van der Waals surface area (Å²) < 4.78 is 0. The first-order chi connectivity index (χ1) is 7.17. The number of hydrogen-bond donors (Lipinski definition) is 3. The van der Waals surface area contributed by atoms with Gasteiger partial charge in [-0.25, -0.2) is 0 Å². The Morgan fingerprint density at radius 2 is 1.94 bits per heavy atom. The fraction of sp³-hybridized carbons (Fsp3) is 0.833. The van der Waals surface area contributed by atoms with Crippen molar-refractivity contribution >= 4 is 9.24 Å². The Kier molecular flexibility index (Phi) is 5.95. The molecule has 0 aliphatic heterocycles. The lowest BCUT2D eigenvalue weighted by Crippen LogP contribution is -2.45. The molecule has 96 valence electrons. The predicted octanol–water partition coefficient (Wildman–Crippen LogP) is 1.58. The van der Waals surface area contributed by atoms with E-state index in [9.17, 15) is 0 Å². The van der Waals surface area contributed by atoms with Gasteiger partial charge in [0.25, 0.3) is 0 Å². The van der Waals surface area contributed by atoms with Gasteiger partial charge in [-0.05, 0) is 29.8 Å². The van der Waals surface area contributed by atoms with Crippen molar-refractivity contribution in [2.24, 2.45) is 22.6 Å². The highest BCUT2D eigenvalue weighted by Crippen LogP contribution is 2.35. The van der Waals surface area contributed by atoms with Crippen LogP contribution in [0, 0.1) is 5.41 Å². The molecule has 3 unspecified atom stereocenters. The van der Waals surface area contributed by atoms with Gasteiger partial charge in [-0.15, -0.1) is 9.24 Å². The van der Waals surface area contributed by atoms with E-state index in [-0.39, 0.29) is 16.6 Å². The van der Waals surface area contributed by atoms with E-state index in [1.807, 2.05) is 0 Å². The Morgan fingerprint density at radius 1 is 1.44 bits per heavy atom. The molecule has 6 N–H and O–H groups in total. The lowest BCUT2D eigenvalue weighted by molar-refractivity contribution is 0.249. The van der Waals surface area contributed by atoms with E-state index < -0.39 is 0 Å². The Labute approximate surface area is 102 Å². The highest BCUT2D eigenvalue weighted by atomic mass is 31.0. The van der Waals surface area contributed by atoms with Crippen LogP contribution in [0.4, 0.5) is 0 Å². The molecule has 0 aliphatic carbocycles. The minimum atomic E-state index is -0.0298. The Bertz CT molecular complexity index is 234. The second-order valence-corrected chi connectivity index (χ2v) is 6.78. The SMILES string of the molecule is C=C(N)CC(C)(C)C(N)CC(P)(CC)CN. The molecule has 0 fully saturated rings. The largest absolute Gasteiger partial charge is 0.402 e. The molecule has 0 heterocycles. The number of nitrogens with two attached hydrogens (primary N) is 3. The summed E-state index contributed by atoms with van der Waals surface area (Å²) in [5.74, 6) is 0. The van der Waals surface area contributed by atoms with Gasteiger partial charge in [0.2, 0.25) is 0 Å². The molecule has 0 radical (unpaired) electrons.